The van der Waals surface area contributed by atoms with Gasteiger partial charge in [0.05, 0.1) is 0 Å². The molecule has 4 heteroatoms. The van der Waals surface area contributed by atoms with Crippen LogP contribution in [-0.4, -0.2) is 5.91 Å². The van der Waals surface area contributed by atoms with E-state index in [9.17, 15) is 10.1 Å². The monoisotopic (exact) mass is 482 g/mol. The summed E-state index contributed by atoms with van der Waals surface area (Å²) in [6.45, 7) is 4.36. The number of fused-ring (bicyclic) bond motifs is 2. The molecule has 0 saturated heterocycles. The van der Waals surface area contributed by atoms with E-state index in [1.165, 1.54) is 0 Å². The van der Waals surface area contributed by atoms with Gasteiger partial charge < -0.3 is 10.1 Å². The minimum Gasteiger partial charge on any atom is -0.488 e. The van der Waals surface area contributed by atoms with Gasteiger partial charge in [-0.3, -0.25) is 4.79 Å². The van der Waals surface area contributed by atoms with E-state index < -0.39 is 5.91 Å². The number of rotatable bonds is 6. The number of amides is 1. The second kappa shape index (κ2) is 10.4. The molecule has 1 N–H and O–H groups in total. The summed E-state index contributed by atoms with van der Waals surface area (Å²) in [4.78, 5) is 13.1. The number of benzene rings is 5. The molecule has 37 heavy (non-hydrogen) atoms. The predicted molar refractivity (Wildman–Crippen MR) is 150 cm³/mol. The summed E-state index contributed by atoms with van der Waals surface area (Å²) in [5.74, 6) is 0.156. The van der Waals surface area contributed by atoms with E-state index in [1.54, 1.807) is 6.08 Å². The van der Waals surface area contributed by atoms with E-state index in [-0.39, 0.29) is 5.57 Å². The van der Waals surface area contributed by atoms with Crippen molar-refractivity contribution in [3.63, 3.8) is 0 Å². The van der Waals surface area contributed by atoms with E-state index in [0.29, 0.717) is 23.6 Å². The first-order chi connectivity index (χ1) is 18.0. The van der Waals surface area contributed by atoms with Crippen LogP contribution in [0.4, 0.5) is 5.69 Å². The zero-order chi connectivity index (χ0) is 25.8. The lowest BCUT2D eigenvalue weighted by Crippen LogP contribution is -2.14. The van der Waals surface area contributed by atoms with Crippen LogP contribution in [0.15, 0.2) is 103 Å². The molecule has 5 rings (SSSR count). The normalized spacial score (nSPS) is 11.3. The number of anilines is 1. The van der Waals surface area contributed by atoms with Gasteiger partial charge in [-0.1, -0.05) is 84.9 Å². The number of para-hydroxylation sites is 1. The van der Waals surface area contributed by atoms with Crippen molar-refractivity contribution in [3.05, 3.63) is 125 Å². The Balaban J connectivity index is 1.54. The minimum atomic E-state index is -0.458. The number of nitriles is 1. The summed E-state index contributed by atoms with van der Waals surface area (Å²) in [5.41, 5.74) is 4.56. The van der Waals surface area contributed by atoms with Crippen LogP contribution < -0.4 is 10.1 Å². The maximum Gasteiger partial charge on any atom is 0.266 e. The van der Waals surface area contributed by atoms with Crippen LogP contribution in [0.25, 0.3) is 27.6 Å². The Morgan fingerprint density at radius 3 is 2.22 bits per heavy atom. The minimum absolute atomic E-state index is 0.00537. The standard InChI is InChI=1S/C33H26N2O2/c1-22-15-16-24-10-5-7-13-28(24)30(22)21-37-32-18-17-25-11-4-6-12-27(25)29(32)19-26(20-34)33(36)35-31-14-8-3-9-23(31)2/h3-19H,21H2,1-2H3,(H,35,36)/b26-19+. The summed E-state index contributed by atoms with van der Waals surface area (Å²) in [5, 5.41) is 17.0. The van der Waals surface area contributed by atoms with Gasteiger partial charge in [-0.05, 0) is 64.7 Å². The van der Waals surface area contributed by atoms with E-state index in [4.69, 9.17) is 4.74 Å². The molecule has 1 amide bonds. The molecule has 5 aromatic carbocycles. The van der Waals surface area contributed by atoms with Gasteiger partial charge in [0.1, 0.15) is 24.0 Å². The Kier molecular flexibility index (Phi) is 6.70. The van der Waals surface area contributed by atoms with Crippen molar-refractivity contribution < 1.29 is 9.53 Å². The molecule has 0 saturated carbocycles. The lowest BCUT2D eigenvalue weighted by molar-refractivity contribution is -0.112. The van der Waals surface area contributed by atoms with Crippen LogP contribution in [0.3, 0.4) is 0 Å². The molecule has 0 aromatic heterocycles. The molecule has 0 heterocycles. The van der Waals surface area contributed by atoms with Crippen molar-refractivity contribution in [2.75, 3.05) is 5.32 Å². The summed E-state index contributed by atoms with van der Waals surface area (Å²) >= 11 is 0. The molecule has 0 spiro atoms. The number of hydrogen-bond donors (Lipinski definition) is 1. The molecule has 0 radical (unpaired) electrons. The molecule has 180 valence electrons. The largest absolute Gasteiger partial charge is 0.488 e. The lowest BCUT2D eigenvalue weighted by atomic mass is 9.99. The molecular weight excluding hydrogens is 456 g/mol. The highest BCUT2D eigenvalue weighted by atomic mass is 16.5. The fourth-order valence-electron chi connectivity index (χ4n) is 4.53. The summed E-state index contributed by atoms with van der Waals surface area (Å²) in [7, 11) is 0. The first-order valence-electron chi connectivity index (χ1n) is 12.2. The second-order valence-corrected chi connectivity index (χ2v) is 9.01. The van der Waals surface area contributed by atoms with Crippen LogP contribution in [0, 0.1) is 25.2 Å². The van der Waals surface area contributed by atoms with E-state index >= 15 is 0 Å². The average molecular weight is 483 g/mol. The molecule has 0 aliphatic heterocycles. The smallest absolute Gasteiger partial charge is 0.266 e. The third-order valence-electron chi connectivity index (χ3n) is 6.62. The highest BCUT2D eigenvalue weighted by molar-refractivity contribution is 6.11. The zero-order valence-electron chi connectivity index (χ0n) is 20.8. The van der Waals surface area contributed by atoms with Gasteiger partial charge in [0.2, 0.25) is 0 Å². The van der Waals surface area contributed by atoms with E-state index in [0.717, 1.165) is 38.2 Å². The van der Waals surface area contributed by atoms with Crippen molar-refractivity contribution in [1.82, 2.24) is 0 Å². The number of aryl methyl sites for hydroxylation is 2. The van der Waals surface area contributed by atoms with Gasteiger partial charge in [-0.15, -0.1) is 0 Å². The molecular formula is C33H26N2O2. The molecule has 0 unspecified atom stereocenters. The van der Waals surface area contributed by atoms with Crippen LogP contribution >= 0.6 is 0 Å². The van der Waals surface area contributed by atoms with Crippen molar-refractivity contribution in [2.45, 2.75) is 20.5 Å². The highest BCUT2D eigenvalue weighted by Gasteiger charge is 2.15. The molecule has 5 aromatic rings. The second-order valence-electron chi connectivity index (χ2n) is 9.01. The quantitative estimate of drug-likeness (QED) is 0.199. The Hall–Kier alpha value is -4.88. The van der Waals surface area contributed by atoms with Crippen LogP contribution in [0.1, 0.15) is 22.3 Å². The zero-order valence-corrected chi connectivity index (χ0v) is 20.8. The van der Waals surface area contributed by atoms with E-state index in [2.05, 4.69) is 42.6 Å². The Labute approximate surface area is 216 Å². The number of nitrogens with zero attached hydrogens (tertiary/aromatic N) is 1. The molecule has 0 fully saturated rings. The number of hydrogen-bond acceptors (Lipinski definition) is 3. The SMILES string of the molecule is Cc1ccccc1NC(=O)/C(C#N)=C/c1c(OCc2c(C)ccc3ccccc23)ccc2ccccc12. The average Bonchev–Trinajstić information content (AvgIpc) is 2.92. The number of carbonyl (C=O) groups excluding carboxylic acids is 1. The number of carbonyl (C=O) groups is 1. The molecule has 4 nitrogen and oxygen atoms in total. The van der Waals surface area contributed by atoms with Gasteiger partial charge in [0, 0.05) is 16.8 Å². The maximum atomic E-state index is 13.1. The fraction of sp³-hybridized carbons (Fsp3) is 0.0909. The third kappa shape index (κ3) is 4.94. The van der Waals surface area contributed by atoms with Crippen molar-refractivity contribution in [1.29, 1.82) is 5.26 Å². The fourth-order valence-corrected chi connectivity index (χ4v) is 4.53. The van der Waals surface area contributed by atoms with Crippen LogP contribution in [0.5, 0.6) is 5.75 Å². The third-order valence-corrected chi connectivity index (χ3v) is 6.62. The first kappa shape index (κ1) is 23.8. The molecule has 0 aliphatic rings. The number of ether oxygens (including phenoxy) is 1. The lowest BCUT2D eigenvalue weighted by Gasteiger charge is -2.15. The topological polar surface area (TPSA) is 62.1 Å². The predicted octanol–water partition coefficient (Wildman–Crippen LogP) is 7.73. The van der Waals surface area contributed by atoms with Gasteiger partial charge in [-0.2, -0.15) is 5.26 Å². The van der Waals surface area contributed by atoms with Crippen molar-refractivity contribution in [3.8, 4) is 11.8 Å². The molecule has 0 atom stereocenters. The summed E-state index contributed by atoms with van der Waals surface area (Å²) < 4.78 is 6.40. The van der Waals surface area contributed by atoms with Gasteiger partial charge in [0.25, 0.3) is 5.91 Å². The van der Waals surface area contributed by atoms with Crippen LogP contribution in [-0.2, 0) is 11.4 Å². The van der Waals surface area contributed by atoms with Gasteiger partial charge in [0.15, 0.2) is 0 Å². The Bertz CT molecular complexity index is 1710. The van der Waals surface area contributed by atoms with Crippen molar-refractivity contribution >= 4 is 39.2 Å². The Morgan fingerprint density at radius 2 is 1.46 bits per heavy atom. The number of nitrogens with one attached hydrogen (secondary N) is 1. The van der Waals surface area contributed by atoms with Gasteiger partial charge in [-0.25, -0.2) is 0 Å². The van der Waals surface area contributed by atoms with Crippen molar-refractivity contribution in [2.24, 2.45) is 0 Å². The summed E-state index contributed by atoms with van der Waals surface area (Å²) in [6, 6.07) is 33.8. The highest BCUT2D eigenvalue weighted by Crippen LogP contribution is 2.32. The molecule has 0 bridgehead atoms. The first-order valence-corrected chi connectivity index (χ1v) is 12.2. The van der Waals surface area contributed by atoms with Crippen LogP contribution in [0.2, 0.25) is 0 Å². The summed E-state index contributed by atoms with van der Waals surface area (Å²) in [6.07, 6.45) is 1.63. The van der Waals surface area contributed by atoms with Gasteiger partial charge >= 0.3 is 0 Å². The van der Waals surface area contributed by atoms with E-state index in [1.807, 2.05) is 79.7 Å². The Morgan fingerprint density at radius 1 is 0.811 bits per heavy atom. The maximum absolute atomic E-state index is 13.1. The molecule has 0 aliphatic carbocycles.